The molecule has 2 heterocycles. The summed E-state index contributed by atoms with van der Waals surface area (Å²) in [7, 11) is 0. The Balaban J connectivity index is 1.93. The predicted octanol–water partition coefficient (Wildman–Crippen LogP) is 6.29. The van der Waals surface area contributed by atoms with Gasteiger partial charge in [0.05, 0.1) is 26.4 Å². The molecule has 3 rings (SSSR count). The monoisotopic (exact) mass is 427 g/mol. The fraction of sp³-hybridized carbons (Fsp3) is 0.222. The summed E-state index contributed by atoms with van der Waals surface area (Å²) in [6.07, 6.45) is 0.869. The number of fused-ring (bicyclic) bond motifs is 1. The number of nitrogen functional groups attached to an aromatic ring is 1. The van der Waals surface area contributed by atoms with Crippen LogP contribution in [0.4, 0.5) is 11.4 Å². The quantitative estimate of drug-likeness (QED) is 0.480. The molecule has 4 nitrogen and oxygen atoms in total. The predicted molar refractivity (Wildman–Crippen MR) is 112 cm³/mol. The van der Waals surface area contributed by atoms with E-state index >= 15 is 0 Å². The van der Waals surface area contributed by atoms with Crippen molar-refractivity contribution in [3.05, 3.63) is 49.9 Å². The number of nitrogens with zero attached hydrogens (tertiary/aromatic N) is 1. The standard InChI is InChI=1S/C18H16Cl3N3OS/c1-8(2)5-9-3-4-10-15(22)16(26-18(10)23-9)17(25)24-14-7-12(20)11(19)6-13(14)21/h3-4,6-8H,5,22H2,1-2H3,(H,24,25). The van der Waals surface area contributed by atoms with Crippen molar-refractivity contribution in [1.29, 1.82) is 0 Å². The van der Waals surface area contributed by atoms with Gasteiger partial charge in [-0.15, -0.1) is 11.3 Å². The second-order valence-electron chi connectivity index (χ2n) is 6.30. The second-order valence-corrected chi connectivity index (χ2v) is 8.52. The molecule has 0 radical (unpaired) electrons. The van der Waals surface area contributed by atoms with Gasteiger partial charge in [0.1, 0.15) is 9.71 Å². The average Bonchev–Trinajstić information content (AvgIpc) is 2.88. The van der Waals surface area contributed by atoms with E-state index in [0.29, 0.717) is 37.2 Å². The van der Waals surface area contributed by atoms with Crippen LogP contribution in [0.2, 0.25) is 15.1 Å². The number of hydrogen-bond donors (Lipinski definition) is 2. The van der Waals surface area contributed by atoms with Crippen LogP contribution in [0.25, 0.3) is 10.2 Å². The first-order valence-electron chi connectivity index (χ1n) is 7.90. The zero-order valence-corrected chi connectivity index (χ0v) is 17.2. The molecule has 136 valence electrons. The van der Waals surface area contributed by atoms with Gasteiger partial charge in [-0.25, -0.2) is 4.98 Å². The van der Waals surface area contributed by atoms with Crippen molar-refractivity contribution in [3.8, 4) is 0 Å². The first-order chi connectivity index (χ1) is 12.3. The Kier molecular flexibility index (Phi) is 5.63. The van der Waals surface area contributed by atoms with Gasteiger partial charge in [0.15, 0.2) is 0 Å². The number of aromatic nitrogens is 1. The fourth-order valence-corrected chi connectivity index (χ4v) is 4.14. The van der Waals surface area contributed by atoms with Crippen molar-refractivity contribution < 1.29 is 4.79 Å². The molecule has 0 saturated carbocycles. The molecule has 3 N–H and O–H groups in total. The number of nitrogens with one attached hydrogen (secondary N) is 1. The molecule has 0 fully saturated rings. The highest BCUT2D eigenvalue weighted by molar-refractivity contribution is 7.21. The van der Waals surface area contributed by atoms with Gasteiger partial charge in [-0.05, 0) is 36.6 Å². The van der Waals surface area contributed by atoms with E-state index in [0.717, 1.165) is 22.3 Å². The van der Waals surface area contributed by atoms with Crippen LogP contribution in [-0.4, -0.2) is 10.9 Å². The minimum Gasteiger partial charge on any atom is -0.397 e. The summed E-state index contributed by atoms with van der Waals surface area (Å²) in [6, 6.07) is 6.85. The normalized spacial score (nSPS) is 11.3. The lowest BCUT2D eigenvalue weighted by atomic mass is 10.1. The van der Waals surface area contributed by atoms with Crippen LogP contribution in [0.1, 0.15) is 29.2 Å². The molecule has 0 saturated heterocycles. The van der Waals surface area contributed by atoms with E-state index in [1.54, 1.807) is 0 Å². The summed E-state index contributed by atoms with van der Waals surface area (Å²) in [6.45, 7) is 4.27. The third-order valence-electron chi connectivity index (χ3n) is 3.73. The van der Waals surface area contributed by atoms with Gasteiger partial charge in [-0.2, -0.15) is 0 Å². The van der Waals surface area contributed by atoms with Gasteiger partial charge in [0.25, 0.3) is 5.91 Å². The maximum absolute atomic E-state index is 12.7. The number of rotatable bonds is 4. The molecule has 26 heavy (non-hydrogen) atoms. The highest BCUT2D eigenvalue weighted by Crippen LogP contribution is 2.36. The highest BCUT2D eigenvalue weighted by atomic mass is 35.5. The van der Waals surface area contributed by atoms with Crippen molar-refractivity contribution in [2.45, 2.75) is 20.3 Å². The largest absolute Gasteiger partial charge is 0.397 e. The maximum Gasteiger partial charge on any atom is 0.267 e. The number of anilines is 2. The molecule has 0 atom stereocenters. The van der Waals surface area contributed by atoms with Gasteiger partial charge < -0.3 is 11.1 Å². The number of hydrogen-bond acceptors (Lipinski definition) is 4. The summed E-state index contributed by atoms with van der Waals surface area (Å²) in [5.74, 6) is 0.132. The Labute approximate surface area is 170 Å². The van der Waals surface area contributed by atoms with Crippen LogP contribution in [0.5, 0.6) is 0 Å². The molecule has 0 aliphatic carbocycles. The molecule has 2 aromatic heterocycles. The van der Waals surface area contributed by atoms with Crippen LogP contribution < -0.4 is 11.1 Å². The number of thiophene rings is 1. The summed E-state index contributed by atoms with van der Waals surface area (Å²) < 4.78 is 0. The smallest absolute Gasteiger partial charge is 0.267 e. The number of halogens is 3. The third kappa shape index (κ3) is 3.91. The molecule has 0 bridgehead atoms. The molecule has 8 heteroatoms. The molecule has 0 spiro atoms. The van der Waals surface area contributed by atoms with E-state index in [2.05, 4.69) is 24.1 Å². The SMILES string of the molecule is CC(C)Cc1ccc2c(N)c(C(=O)Nc3cc(Cl)c(Cl)cc3Cl)sc2n1. The van der Waals surface area contributed by atoms with Crippen molar-refractivity contribution >= 4 is 73.6 Å². The van der Waals surface area contributed by atoms with E-state index in [-0.39, 0.29) is 5.91 Å². The van der Waals surface area contributed by atoms with Crippen molar-refractivity contribution in [1.82, 2.24) is 4.98 Å². The Morgan fingerprint density at radius 3 is 2.58 bits per heavy atom. The lowest BCUT2D eigenvalue weighted by molar-refractivity contribution is 0.103. The summed E-state index contributed by atoms with van der Waals surface area (Å²) in [4.78, 5) is 18.4. The number of amides is 1. The van der Waals surface area contributed by atoms with Crippen LogP contribution >= 0.6 is 46.1 Å². The van der Waals surface area contributed by atoms with E-state index in [1.165, 1.54) is 23.5 Å². The number of benzene rings is 1. The lowest BCUT2D eigenvalue weighted by Gasteiger charge is -2.08. The average molecular weight is 429 g/mol. The molecular weight excluding hydrogens is 413 g/mol. The topological polar surface area (TPSA) is 68.0 Å². The minimum atomic E-state index is -0.365. The highest BCUT2D eigenvalue weighted by Gasteiger charge is 2.19. The summed E-state index contributed by atoms with van der Waals surface area (Å²) >= 11 is 19.3. The van der Waals surface area contributed by atoms with Gasteiger partial charge in [0.2, 0.25) is 0 Å². The zero-order chi connectivity index (χ0) is 19.0. The molecule has 3 aromatic rings. The van der Waals surface area contributed by atoms with Crippen LogP contribution in [-0.2, 0) is 6.42 Å². The van der Waals surface area contributed by atoms with Crippen molar-refractivity contribution in [3.63, 3.8) is 0 Å². The number of nitrogens with two attached hydrogens (primary N) is 1. The maximum atomic E-state index is 12.7. The van der Waals surface area contributed by atoms with E-state index < -0.39 is 0 Å². The van der Waals surface area contributed by atoms with E-state index in [1.807, 2.05) is 12.1 Å². The molecular formula is C18H16Cl3N3OS. The molecule has 0 aliphatic rings. The van der Waals surface area contributed by atoms with Crippen LogP contribution in [0.3, 0.4) is 0 Å². The van der Waals surface area contributed by atoms with Crippen molar-refractivity contribution in [2.75, 3.05) is 11.1 Å². The number of carbonyl (C=O) groups excluding carboxylic acids is 1. The molecule has 0 aliphatic heterocycles. The zero-order valence-electron chi connectivity index (χ0n) is 14.1. The second kappa shape index (κ2) is 7.61. The fourth-order valence-electron chi connectivity index (χ4n) is 2.53. The Bertz CT molecular complexity index is 1000. The molecule has 1 aromatic carbocycles. The molecule has 0 unspecified atom stereocenters. The van der Waals surface area contributed by atoms with Gasteiger partial charge >= 0.3 is 0 Å². The minimum absolute atomic E-state index is 0.296. The van der Waals surface area contributed by atoms with Gasteiger partial charge in [-0.1, -0.05) is 48.7 Å². The van der Waals surface area contributed by atoms with E-state index in [9.17, 15) is 4.79 Å². The Morgan fingerprint density at radius 1 is 1.19 bits per heavy atom. The number of pyridine rings is 1. The Hall–Kier alpha value is -1.53. The summed E-state index contributed by atoms with van der Waals surface area (Å²) in [5, 5.41) is 4.42. The van der Waals surface area contributed by atoms with E-state index in [4.69, 9.17) is 40.5 Å². The van der Waals surface area contributed by atoms with Gasteiger partial charge in [-0.3, -0.25) is 4.79 Å². The first-order valence-corrected chi connectivity index (χ1v) is 9.85. The third-order valence-corrected chi connectivity index (χ3v) is 5.88. The number of carbonyl (C=O) groups is 1. The summed E-state index contributed by atoms with van der Waals surface area (Å²) in [5.41, 5.74) is 7.92. The van der Waals surface area contributed by atoms with Crippen molar-refractivity contribution in [2.24, 2.45) is 5.92 Å². The lowest BCUT2D eigenvalue weighted by Crippen LogP contribution is -2.12. The van der Waals surface area contributed by atoms with Crippen LogP contribution in [0, 0.1) is 5.92 Å². The Morgan fingerprint density at radius 2 is 1.88 bits per heavy atom. The van der Waals surface area contributed by atoms with Gasteiger partial charge in [0, 0.05) is 11.1 Å². The molecule has 1 amide bonds. The van der Waals surface area contributed by atoms with Crippen LogP contribution in [0.15, 0.2) is 24.3 Å². The first kappa shape index (κ1) is 19.2.